The maximum absolute atomic E-state index is 14.7. The second-order valence-corrected chi connectivity index (χ2v) is 17.7. The third kappa shape index (κ3) is 6.69. The predicted molar refractivity (Wildman–Crippen MR) is 201 cm³/mol. The van der Waals surface area contributed by atoms with Gasteiger partial charge in [0.25, 0.3) is 5.91 Å². The molecule has 3 aromatic rings. The molecule has 1 spiro atoms. The van der Waals surface area contributed by atoms with Crippen LogP contribution in [0.25, 0.3) is 0 Å². The topological polar surface area (TPSA) is 127 Å². The second-order valence-electron chi connectivity index (χ2n) is 17.7. The van der Waals surface area contributed by atoms with E-state index >= 15 is 0 Å². The van der Waals surface area contributed by atoms with Gasteiger partial charge in [0.05, 0.1) is 30.1 Å². The van der Waals surface area contributed by atoms with Crippen molar-refractivity contribution in [3.63, 3.8) is 0 Å². The quantitative estimate of drug-likeness (QED) is 0.334. The highest BCUT2D eigenvalue weighted by Crippen LogP contribution is 2.55. The molecule has 54 heavy (non-hydrogen) atoms. The van der Waals surface area contributed by atoms with Crippen LogP contribution >= 0.6 is 0 Å². The first-order chi connectivity index (χ1) is 25.5. The zero-order chi connectivity index (χ0) is 38.2. The van der Waals surface area contributed by atoms with Crippen LogP contribution in [0.4, 0.5) is 20.7 Å². The predicted octanol–water partition coefficient (Wildman–Crippen LogP) is 5.74. The van der Waals surface area contributed by atoms with Crippen LogP contribution in [0, 0.1) is 0 Å². The second kappa shape index (κ2) is 13.2. The van der Waals surface area contributed by atoms with Crippen molar-refractivity contribution in [3.8, 4) is 6.01 Å². The number of nitrogens with zero attached hydrogens (tertiary/aromatic N) is 7. The van der Waals surface area contributed by atoms with Crippen molar-refractivity contribution in [2.24, 2.45) is 0 Å². The summed E-state index contributed by atoms with van der Waals surface area (Å²) in [7, 11) is 3.46. The van der Waals surface area contributed by atoms with E-state index in [0.29, 0.717) is 57.0 Å². The lowest BCUT2D eigenvalue weighted by molar-refractivity contribution is -0.0802. The van der Waals surface area contributed by atoms with Gasteiger partial charge in [-0.2, -0.15) is 15.1 Å². The van der Waals surface area contributed by atoms with E-state index in [1.807, 2.05) is 43.7 Å². The van der Waals surface area contributed by atoms with Crippen LogP contribution in [0.3, 0.4) is 0 Å². The summed E-state index contributed by atoms with van der Waals surface area (Å²) in [5, 5.41) is 7.57. The molecule has 1 N–H and O–H groups in total. The van der Waals surface area contributed by atoms with Crippen LogP contribution in [0.1, 0.15) is 105 Å². The Balaban J connectivity index is 1.15. The molecule has 2 fully saturated rings. The van der Waals surface area contributed by atoms with Gasteiger partial charge in [0.2, 0.25) is 0 Å². The number of carbonyl (C=O) groups is 2. The summed E-state index contributed by atoms with van der Waals surface area (Å²) in [6, 6.07) is 8.17. The lowest BCUT2D eigenvalue weighted by atomic mass is 9.82. The van der Waals surface area contributed by atoms with Crippen molar-refractivity contribution in [2.75, 3.05) is 50.6 Å². The fraction of sp³-hybridized carbons (Fsp3) is 0.625. The van der Waals surface area contributed by atoms with Crippen molar-refractivity contribution in [1.29, 1.82) is 0 Å². The number of aryl methyl sites for hydroxylation is 1. The van der Waals surface area contributed by atoms with Gasteiger partial charge in [-0.25, -0.2) is 9.18 Å². The number of alkyl halides is 1. The Morgan fingerprint density at radius 2 is 1.91 bits per heavy atom. The van der Waals surface area contributed by atoms with Crippen molar-refractivity contribution in [2.45, 2.75) is 121 Å². The highest BCUT2D eigenvalue weighted by Gasteiger charge is 2.52. The van der Waals surface area contributed by atoms with Crippen LogP contribution < -0.4 is 15.0 Å². The van der Waals surface area contributed by atoms with Gasteiger partial charge in [0.1, 0.15) is 29.8 Å². The average Bonchev–Trinajstić information content (AvgIpc) is 3.77. The van der Waals surface area contributed by atoms with Gasteiger partial charge >= 0.3 is 12.1 Å². The van der Waals surface area contributed by atoms with Crippen molar-refractivity contribution >= 4 is 23.5 Å². The molecule has 3 atom stereocenters. The third-order valence-corrected chi connectivity index (χ3v) is 11.8. The van der Waals surface area contributed by atoms with Crippen LogP contribution in [0.2, 0.25) is 0 Å². The number of ether oxygens (including phenoxy) is 3. The van der Waals surface area contributed by atoms with Gasteiger partial charge in [-0.1, -0.05) is 19.9 Å². The minimum Gasteiger partial charge on any atom is -0.461 e. The third-order valence-electron chi connectivity index (χ3n) is 11.8. The molecule has 14 heteroatoms. The number of hydrogen-bond donors (Lipinski definition) is 1. The number of hydrogen-bond acceptors (Lipinski definition) is 10. The standard InChI is InChI=1S/C40H53FN8O5/c1-37(2,3)54-36(51)42-26-10-11-29-30(16-26)40(23-38(29,4)5)19-32-28(22-53-40)33(44-35(43-32)52-24-39-12-8-14-48(39)20-25(41)18-39)47-13-9-15-49-27(21-47)17-31(45-49)34(50)46(6)7/h10-11,16-17,25H,8-9,12-15,18-24H2,1-7H3,(H,42,51)/t25-,39+,40?/m1/s1. The zero-order valence-electron chi connectivity index (χ0n) is 32.6. The molecular weight excluding hydrogens is 691 g/mol. The molecule has 1 unspecified atom stereocenters. The number of nitrogens with one attached hydrogen (secondary N) is 1. The SMILES string of the molecule is CN(C)C(=O)c1cc2n(n1)CCCN(c1nc(OC[C@@]34CCCN3C[C@H](F)C4)nc3c1COC1(C3)CC(C)(C)c3ccc(NC(=O)OC(C)(C)C)cc31)C2. The number of anilines is 2. The molecule has 4 aliphatic heterocycles. The number of amides is 2. The molecule has 5 aliphatic rings. The maximum Gasteiger partial charge on any atom is 0.412 e. The van der Waals surface area contributed by atoms with E-state index in [4.69, 9.17) is 24.2 Å². The molecule has 8 rings (SSSR count). The summed E-state index contributed by atoms with van der Waals surface area (Å²) in [4.78, 5) is 41.8. The van der Waals surface area contributed by atoms with E-state index in [1.165, 1.54) is 4.90 Å². The highest BCUT2D eigenvalue weighted by atomic mass is 19.1. The fourth-order valence-corrected chi connectivity index (χ4v) is 9.47. The summed E-state index contributed by atoms with van der Waals surface area (Å²) >= 11 is 0. The Kier molecular flexibility index (Phi) is 8.95. The van der Waals surface area contributed by atoms with Gasteiger partial charge in [-0.3, -0.25) is 19.7 Å². The molecule has 2 saturated heterocycles. The summed E-state index contributed by atoms with van der Waals surface area (Å²) in [5.74, 6) is 0.608. The number of fused-ring (bicyclic) bond motifs is 5. The van der Waals surface area contributed by atoms with Crippen LogP contribution in [-0.4, -0.2) is 99.2 Å². The normalized spacial score (nSPS) is 25.8. The number of aromatic nitrogens is 4. The maximum atomic E-state index is 14.7. The summed E-state index contributed by atoms with van der Waals surface area (Å²) < 4.78 is 35.7. The minimum atomic E-state index is -0.863. The molecule has 1 aromatic carbocycles. The number of rotatable bonds is 6. The molecule has 6 heterocycles. The molecule has 0 radical (unpaired) electrons. The summed E-state index contributed by atoms with van der Waals surface area (Å²) in [5.41, 5.74) is 4.05. The Hall–Kier alpha value is -4.30. The van der Waals surface area contributed by atoms with E-state index in [1.54, 1.807) is 14.1 Å². The molecule has 2 aromatic heterocycles. The average molecular weight is 745 g/mol. The first-order valence-corrected chi connectivity index (χ1v) is 19.3. The van der Waals surface area contributed by atoms with Gasteiger partial charge in [0, 0.05) is 57.8 Å². The number of carbonyl (C=O) groups excluding carboxylic acids is 2. The van der Waals surface area contributed by atoms with Crippen molar-refractivity contribution < 1.29 is 28.2 Å². The van der Waals surface area contributed by atoms with Gasteiger partial charge in [-0.15, -0.1) is 0 Å². The summed E-state index contributed by atoms with van der Waals surface area (Å²) in [6.07, 6.45) is 2.99. The van der Waals surface area contributed by atoms with E-state index in [-0.39, 0.29) is 29.5 Å². The van der Waals surface area contributed by atoms with Crippen molar-refractivity contribution in [1.82, 2.24) is 29.5 Å². The molecule has 1 aliphatic carbocycles. The van der Waals surface area contributed by atoms with Crippen LogP contribution in [-0.2, 0) is 46.6 Å². The van der Waals surface area contributed by atoms with Crippen LogP contribution in [0.15, 0.2) is 24.3 Å². The van der Waals surface area contributed by atoms with Gasteiger partial charge < -0.3 is 24.0 Å². The first-order valence-electron chi connectivity index (χ1n) is 19.3. The lowest BCUT2D eigenvalue weighted by Crippen LogP contribution is -2.43. The molecule has 0 bridgehead atoms. The lowest BCUT2D eigenvalue weighted by Gasteiger charge is -2.38. The Morgan fingerprint density at radius 3 is 2.69 bits per heavy atom. The zero-order valence-corrected chi connectivity index (χ0v) is 32.6. The molecule has 0 saturated carbocycles. The number of halogens is 1. The number of benzene rings is 1. The Morgan fingerprint density at radius 1 is 1.09 bits per heavy atom. The minimum absolute atomic E-state index is 0.136. The van der Waals surface area contributed by atoms with Crippen LogP contribution in [0.5, 0.6) is 6.01 Å². The van der Waals surface area contributed by atoms with Gasteiger partial charge in [-0.05, 0) is 87.7 Å². The summed E-state index contributed by atoms with van der Waals surface area (Å²) in [6.45, 7) is 13.8. The van der Waals surface area contributed by atoms with E-state index in [2.05, 4.69) is 40.1 Å². The van der Waals surface area contributed by atoms with E-state index in [0.717, 1.165) is 66.1 Å². The Bertz CT molecular complexity index is 1980. The molecule has 2 amide bonds. The monoisotopic (exact) mass is 744 g/mol. The van der Waals surface area contributed by atoms with E-state index in [9.17, 15) is 14.0 Å². The molecule has 290 valence electrons. The highest BCUT2D eigenvalue weighted by molar-refractivity contribution is 5.92. The Labute approximate surface area is 316 Å². The molecular formula is C40H53FN8O5. The first kappa shape index (κ1) is 36.7. The van der Waals surface area contributed by atoms with Crippen molar-refractivity contribution in [3.05, 3.63) is 58.0 Å². The van der Waals surface area contributed by atoms with E-state index < -0.39 is 23.5 Å². The smallest absolute Gasteiger partial charge is 0.412 e. The van der Waals surface area contributed by atoms with Gasteiger partial charge in [0.15, 0.2) is 5.69 Å². The fourth-order valence-electron chi connectivity index (χ4n) is 9.47. The largest absolute Gasteiger partial charge is 0.461 e. The molecule has 13 nitrogen and oxygen atoms in total.